The number of aromatic hydroxyl groups is 1. The van der Waals surface area contributed by atoms with Crippen LogP contribution in [0, 0.1) is 12.3 Å². The van der Waals surface area contributed by atoms with Gasteiger partial charge in [-0.1, -0.05) is 43.6 Å². The number of amides is 1. The van der Waals surface area contributed by atoms with Crippen molar-refractivity contribution in [3.8, 4) is 5.75 Å². The average Bonchev–Trinajstić information content (AvgIpc) is 2.56. The normalized spacial score (nSPS) is 8.83. The lowest BCUT2D eigenvalue weighted by Crippen LogP contribution is -2.10. The van der Waals surface area contributed by atoms with E-state index >= 15 is 0 Å². The van der Waals surface area contributed by atoms with Crippen LogP contribution in [-0.2, 0) is 11.3 Å². The highest BCUT2D eigenvalue weighted by Gasteiger charge is 2.02. The fourth-order valence-corrected chi connectivity index (χ4v) is 1.76. The van der Waals surface area contributed by atoms with Gasteiger partial charge in [0.1, 0.15) is 11.6 Å². The predicted octanol–water partition coefficient (Wildman–Crippen LogP) is 3.60. The molecule has 0 bridgehead atoms. The highest BCUT2D eigenvalue weighted by Crippen LogP contribution is 2.17. The Morgan fingerprint density at radius 1 is 1.25 bits per heavy atom. The summed E-state index contributed by atoms with van der Waals surface area (Å²) in [5, 5.41) is 19.6. The number of nitrogens with two attached hydrogens (primary N) is 1. The van der Waals surface area contributed by atoms with E-state index < -0.39 is 0 Å². The van der Waals surface area contributed by atoms with Gasteiger partial charge in [0.15, 0.2) is 0 Å². The molecular formula is C18H24ClN3O2. The first-order valence-electron chi connectivity index (χ1n) is 7.49. The minimum Gasteiger partial charge on any atom is -0.507 e. The average molecular weight is 350 g/mol. The second-order valence-corrected chi connectivity index (χ2v) is 5.00. The zero-order valence-electron chi connectivity index (χ0n) is 14.1. The summed E-state index contributed by atoms with van der Waals surface area (Å²) in [4.78, 5) is 9.91. The molecule has 0 aliphatic carbocycles. The molecule has 0 saturated heterocycles. The number of halogens is 1. The number of phenols is 1. The number of hydrogen-bond acceptors (Lipinski definition) is 3. The second kappa shape index (κ2) is 12.0. The van der Waals surface area contributed by atoms with Gasteiger partial charge in [0.25, 0.3) is 0 Å². The van der Waals surface area contributed by atoms with Crippen LogP contribution in [0.2, 0.25) is 5.02 Å². The molecule has 6 heteroatoms. The summed E-state index contributed by atoms with van der Waals surface area (Å²) in [6.45, 7) is 6.42. The molecule has 2 aromatic carbocycles. The maximum atomic E-state index is 9.91. The number of carbonyl (C=O) groups excluding carboxylic acids is 1. The Bertz CT molecular complexity index is 643. The fourth-order valence-electron chi connectivity index (χ4n) is 1.63. The Morgan fingerprint density at radius 3 is 2.29 bits per heavy atom. The number of rotatable bonds is 4. The van der Waals surface area contributed by atoms with Crippen molar-refractivity contribution in [3.63, 3.8) is 0 Å². The first kappa shape index (κ1) is 21.5. The molecule has 130 valence electrons. The van der Waals surface area contributed by atoms with Crippen molar-refractivity contribution in [2.24, 2.45) is 5.73 Å². The SMILES string of the molecule is CC.Cc1ccc(C(=N)N)c(O)c1.O=CNCc1ccc(Cl)cc1. The van der Waals surface area contributed by atoms with E-state index in [2.05, 4.69) is 5.32 Å². The zero-order valence-corrected chi connectivity index (χ0v) is 14.9. The van der Waals surface area contributed by atoms with Crippen LogP contribution in [0.5, 0.6) is 5.75 Å². The van der Waals surface area contributed by atoms with Gasteiger partial charge in [0.2, 0.25) is 6.41 Å². The third kappa shape index (κ3) is 8.19. The molecule has 0 spiro atoms. The third-order valence-corrected chi connectivity index (χ3v) is 3.00. The molecule has 0 heterocycles. The Labute approximate surface area is 148 Å². The van der Waals surface area contributed by atoms with E-state index in [0.717, 1.165) is 11.1 Å². The van der Waals surface area contributed by atoms with Crippen molar-refractivity contribution in [3.05, 3.63) is 64.2 Å². The van der Waals surface area contributed by atoms with Gasteiger partial charge < -0.3 is 16.2 Å². The number of amidine groups is 1. The van der Waals surface area contributed by atoms with E-state index in [1.54, 1.807) is 30.3 Å². The van der Waals surface area contributed by atoms with E-state index in [-0.39, 0.29) is 11.6 Å². The second-order valence-electron chi connectivity index (χ2n) is 4.56. The topological polar surface area (TPSA) is 99.2 Å². The third-order valence-electron chi connectivity index (χ3n) is 2.75. The maximum Gasteiger partial charge on any atom is 0.207 e. The van der Waals surface area contributed by atoms with Crippen molar-refractivity contribution in [2.75, 3.05) is 0 Å². The number of carbonyl (C=O) groups is 1. The molecule has 0 aliphatic rings. The smallest absolute Gasteiger partial charge is 0.207 e. The van der Waals surface area contributed by atoms with E-state index in [9.17, 15) is 9.90 Å². The van der Waals surface area contributed by atoms with Crippen LogP contribution in [0.15, 0.2) is 42.5 Å². The molecule has 0 aromatic heterocycles. The van der Waals surface area contributed by atoms with Crippen LogP contribution in [-0.4, -0.2) is 17.4 Å². The number of nitrogen functional groups attached to an aromatic ring is 1. The lowest BCUT2D eigenvalue weighted by atomic mass is 10.1. The molecule has 2 rings (SSSR count). The van der Waals surface area contributed by atoms with E-state index in [4.69, 9.17) is 22.7 Å². The highest BCUT2D eigenvalue weighted by molar-refractivity contribution is 6.30. The number of nitrogens with one attached hydrogen (secondary N) is 2. The monoisotopic (exact) mass is 349 g/mol. The first-order chi connectivity index (χ1) is 11.4. The van der Waals surface area contributed by atoms with Crippen LogP contribution in [0.3, 0.4) is 0 Å². The summed E-state index contributed by atoms with van der Waals surface area (Å²) >= 11 is 5.66. The van der Waals surface area contributed by atoms with E-state index in [0.29, 0.717) is 23.5 Å². The minimum atomic E-state index is -0.109. The molecule has 5 nitrogen and oxygen atoms in total. The molecule has 0 atom stereocenters. The molecule has 0 fully saturated rings. The number of phenolic OH excluding ortho intramolecular Hbond substituents is 1. The first-order valence-corrected chi connectivity index (χ1v) is 7.87. The highest BCUT2D eigenvalue weighted by atomic mass is 35.5. The molecule has 24 heavy (non-hydrogen) atoms. The lowest BCUT2D eigenvalue weighted by molar-refractivity contribution is -0.109. The van der Waals surface area contributed by atoms with E-state index in [1.807, 2.05) is 32.9 Å². The van der Waals surface area contributed by atoms with Crippen LogP contribution < -0.4 is 11.1 Å². The molecule has 5 N–H and O–H groups in total. The molecule has 0 radical (unpaired) electrons. The van der Waals surface area contributed by atoms with Gasteiger partial charge in [-0.2, -0.15) is 0 Å². The molecule has 0 unspecified atom stereocenters. The van der Waals surface area contributed by atoms with Crippen LogP contribution in [0.1, 0.15) is 30.5 Å². The van der Waals surface area contributed by atoms with Crippen LogP contribution in [0.4, 0.5) is 0 Å². The molecule has 1 amide bonds. The van der Waals surface area contributed by atoms with Crippen LogP contribution >= 0.6 is 11.6 Å². The van der Waals surface area contributed by atoms with Gasteiger partial charge in [-0.05, 0) is 42.3 Å². The summed E-state index contributed by atoms with van der Waals surface area (Å²) in [7, 11) is 0. The fraction of sp³-hybridized carbons (Fsp3) is 0.222. The summed E-state index contributed by atoms with van der Waals surface area (Å²) in [6, 6.07) is 12.4. The summed E-state index contributed by atoms with van der Waals surface area (Å²) < 4.78 is 0. The Kier molecular flexibility index (Phi) is 10.7. The lowest BCUT2D eigenvalue weighted by Gasteiger charge is -2.01. The minimum absolute atomic E-state index is 0.0671. The standard InChI is InChI=1S/C8H8ClNO.C8H10N2O.C2H6/c9-8-3-1-7(2-4-8)5-10-6-11;1-5-2-3-6(8(9)10)7(11)4-5;1-2/h1-4,6H,5H2,(H,10,11);2-4,11H,1H3,(H3,9,10);1-2H3. The van der Waals surface area contributed by atoms with E-state index in [1.165, 1.54) is 0 Å². The zero-order chi connectivity index (χ0) is 18.5. The Morgan fingerprint density at radius 2 is 1.83 bits per heavy atom. The van der Waals surface area contributed by atoms with Gasteiger partial charge in [-0.3, -0.25) is 10.2 Å². The molecule has 0 aliphatic heterocycles. The van der Waals surface area contributed by atoms with Crippen LogP contribution in [0.25, 0.3) is 0 Å². The Hall–Kier alpha value is -2.53. The van der Waals surface area contributed by atoms with Gasteiger partial charge in [-0.15, -0.1) is 0 Å². The summed E-state index contributed by atoms with van der Waals surface area (Å²) in [5.41, 5.74) is 7.57. The van der Waals surface area contributed by atoms with Crippen molar-refractivity contribution < 1.29 is 9.90 Å². The van der Waals surface area contributed by atoms with Gasteiger partial charge >= 0.3 is 0 Å². The predicted molar refractivity (Wildman–Crippen MR) is 99.6 cm³/mol. The molecule has 2 aromatic rings. The summed E-state index contributed by atoms with van der Waals surface area (Å²) in [6.07, 6.45) is 0.675. The van der Waals surface area contributed by atoms with Crippen molar-refractivity contribution in [1.82, 2.24) is 5.32 Å². The molecule has 0 saturated carbocycles. The molecular weight excluding hydrogens is 326 g/mol. The summed E-state index contributed by atoms with van der Waals surface area (Å²) in [5.74, 6) is -0.0417. The van der Waals surface area contributed by atoms with Crippen molar-refractivity contribution in [1.29, 1.82) is 5.41 Å². The van der Waals surface area contributed by atoms with Gasteiger partial charge in [0.05, 0.1) is 5.56 Å². The van der Waals surface area contributed by atoms with Gasteiger partial charge in [0, 0.05) is 11.6 Å². The van der Waals surface area contributed by atoms with Crippen molar-refractivity contribution >= 4 is 23.8 Å². The number of benzene rings is 2. The number of aryl methyl sites for hydroxylation is 1. The largest absolute Gasteiger partial charge is 0.507 e. The number of hydrogen-bond donors (Lipinski definition) is 4. The maximum absolute atomic E-state index is 9.91. The Balaban J connectivity index is 0.000000400. The quantitative estimate of drug-likeness (QED) is 0.385. The van der Waals surface area contributed by atoms with Crippen molar-refractivity contribution in [2.45, 2.75) is 27.3 Å². The van der Waals surface area contributed by atoms with Gasteiger partial charge in [-0.25, -0.2) is 0 Å².